The van der Waals surface area contributed by atoms with Crippen LogP contribution < -0.4 is 10.6 Å². The van der Waals surface area contributed by atoms with Gasteiger partial charge in [-0.05, 0) is 39.0 Å². The molecular weight excluding hydrogens is 242 g/mol. The van der Waals surface area contributed by atoms with E-state index in [2.05, 4.69) is 22.5 Å². The van der Waals surface area contributed by atoms with Gasteiger partial charge < -0.3 is 20.1 Å². The van der Waals surface area contributed by atoms with Crippen LogP contribution in [0, 0.1) is 0 Å². The summed E-state index contributed by atoms with van der Waals surface area (Å²) in [6.07, 6.45) is 5.71. The fourth-order valence-electron chi connectivity index (χ4n) is 2.22. The maximum atomic E-state index is 5.75. The van der Waals surface area contributed by atoms with E-state index in [9.17, 15) is 0 Å². The molecule has 0 amide bonds. The summed E-state index contributed by atoms with van der Waals surface area (Å²) in [6.45, 7) is 5.65. The highest BCUT2D eigenvalue weighted by molar-refractivity contribution is 5.79. The van der Waals surface area contributed by atoms with Crippen LogP contribution in [0.1, 0.15) is 39.0 Å². The summed E-state index contributed by atoms with van der Waals surface area (Å²) < 4.78 is 10.8. The molecule has 0 aromatic carbocycles. The van der Waals surface area contributed by atoms with Crippen molar-refractivity contribution in [1.29, 1.82) is 0 Å². The van der Waals surface area contributed by atoms with Gasteiger partial charge in [0, 0.05) is 40.5 Å². The Bertz CT molecular complexity index is 263. The average molecular weight is 271 g/mol. The summed E-state index contributed by atoms with van der Waals surface area (Å²) >= 11 is 0. The van der Waals surface area contributed by atoms with Crippen molar-refractivity contribution in [2.75, 3.05) is 40.5 Å². The second kappa shape index (κ2) is 9.15. The molecule has 1 atom stereocenters. The lowest BCUT2D eigenvalue weighted by Gasteiger charge is -2.24. The van der Waals surface area contributed by atoms with E-state index in [0.29, 0.717) is 0 Å². The number of nitrogens with zero attached hydrogens (tertiary/aromatic N) is 1. The molecule has 112 valence electrons. The minimum absolute atomic E-state index is 0.0317. The van der Waals surface area contributed by atoms with Crippen LogP contribution in [0.3, 0.4) is 0 Å². The number of hydrogen-bond acceptors (Lipinski definition) is 3. The van der Waals surface area contributed by atoms with Crippen LogP contribution in [0.5, 0.6) is 0 Å². The van der Waals surface area contributed by atoms with Gasteiger partial charge >= 0.3 is 0 Å². The molecule has 0 radical (unpaired) electrons. The van der Waals surface area contributed by atoms with Gasteiger partial charge in [0.15, 0.2) is 5.96 Å². The van der Waals surface area contributed by atoms with Gasteiger partial charge in [0.2, 0.25) is 0 Å². The van der Waals surface area contributed by atoms with Gasteiger partial charge in [-0.25, -0.2) is 0 Å². The molecule has 5 nitrogen and oxygen atoms in total. The van der Waals surface area contributed by atoms with Crippen molar-refractivity contribution in [3.63, 3.8) is 0 Å². The molecule has 1 heterocycles. The molecule has 0 aromatic heterocycles. The van der Waals surface area contributed by atoms with E-state index in [4.69, 9.17) is 9.47 Å². The Balaban J connectivity index is 2.09. The second-order valence-electron chi connectivity index (χ2n) is 5.31. The molecule has 0 bridgehead atoms. The average Bonchev–Trinajstić information content (AvgIpc) is 2.84. The third-order valence-electron chi connectivity index (χ3n) is 3.47. The molecule has 1 aliphatic heterocycles. The number of ether oxygens (including phenoxy) is 2. The lowest BCUT2D eigenvalue weighted by Crippen LogP contribution is -2.45. The molecule has 1 aliphatic rings. The van der Waals surface area contributed by atoms with Crippen LogP contribution >= 0.6 is 0 Å². The Morgan fingerprint density at radius 2 is 2.16 bits per heavy atom. The smallest absolute Gasteiger partial charge is 0.191 e. The second-order valence-corrected chi connectivity index (χ2v) is 5.31. The topological polar surface area (TPSA) is 54.9 Å². The zero-order chi connectivity index (χ0) is 14.0. The third kappa shape index (κ3) is 6.78. The van der Waals surface area contributed by atoms with Crippen molar-refractivity contribution in [1.82, 2.24) is 10.6 Å². The number of unbranched alkanes of at least 4 members (excludes halogenated alkanes) is 2. The fourth-order valence-corrected chi connectivity index (χ4v) is 2.22. The summed E-state index contributed by atoms with van der Waals surface area (Å²) in [5, 5.41) is 6.67. The molecule has 0 aliphatic carbocycles. The van der Waals surface area contributed by atoms with Crippen molar-refractivity contribution >= 4 is 5.96 Å². The van der Waals surface area contributed by atoms with E-state index in [1.54, 1.807) is 14.2 Å². The van der Waals surface area contributed by atoms with Crippen LogP contribution in [-0.4, -0.2) is 52.0 Å². The number of aliphatic imine (C=N–C) groups is 1. The van der Waals surface area contributed by atoms with Crippen LogP contribution in [0.4, 0.5) is 0 Å². The van der Waals surface area contributed by atoms with Crippen molar-refractivity contribution in [3.05, 3.63) is 0 Å². The molecule has 0 spiro atoms. The van der Waals surface area contributed by atoms with E-state index in [0.717, 1.165) is 57.9 Å². The molecule has 0 aromatic rings. The molecule has 19 heavy (non-hydrogen) atoms. The standard InChI is InChI=1S/C14H29N3O2/c1-14(8-7-11-19-14)12-17-13(15-2)16-9-5-4-6-10-18-3/h4-12H2,1-3H3,(H2,15,16,17). The van der Waals surface area contributed by atoms with Gasteiger partial charge in [0.25, 0.3) is 0 Å². The molecular formula is C14H29N3O2. The van der Waals surface area contributed by atoms with E-state index in [1.165, 1.54) is 6.42 Å². The Morgan fingerprint density at radius 3 is 2.79 bits per heavy atom. The predicted molar refractivity (Wildman–Crippen MR) is 78.7 cm³/mol. The first-order chi connectivity index (χ1) is 9.20. The zero-order valence-electron chi connectivity index (χ0n) is 12.6. The first-order valence-electron chi connectivity index (χ1n) is 7.27. The summed E-state index contributed by atoms with van der Waals surface area (Å²) in [5.74, 6) is 0.864. The van der Waals surface area contributed by atoms with Crippen molar-refractivity contribution in [2.45, 2.75) is 44.6 Å². The minimum Gasteiger partial charge on any atom is -0.385 e. The molecule has 5 heteroatoms. The van der Waals surface area contributed by atoms with Gasteiger partial charge in [-0.1, -0.05) is 0 Å². The van der Waals surface area contributed by atoms with Gasteiger partial charge in [-0.15, -0.1) is 0 Å². The van der Waals surface area contributed by atoms with E-state index >= 15 is 0 Å². The lowest BCUT2D eigenvalue weighted by atomic mass is 10.0. The minimum atomic E-state index is -0.0317. The molecule has 1 rings (SSSR count). The fraction of sp³-hybridized carbons (Fsp3) is 0.929. The molecule has 1 unspecified atom stereocenters. The molecule has 0 saturated carbocycles. The van der Waals surface area contributed by atoms with E-state index in [-0.39, 0.29) is 5.60 Å². The number of nitrogens with one attached hydrogen (secondary N) is 2. The van der Waals surface area contributed by atoms with Crippen molar-refractivity contribution in [3.8, 4) is 0 Å². The largest absolute Gasteiger partial charge is 0.385 e. The van der Waals surface area contributed by atoms with Crippen LogP contribution in [-0.2, 0) is 9.47 Å². The molecule has 1 fully saturated rings. The lowest BCUT2D eigenvalue weighted by molar-refractivity contribution is 0.0243. The predicted octanol–water partition coefficient (Wildman–Crippen LogP) is 1.54. The van der Waals surface area contributed by atoms with Crippen molar-refractivity contribution in [2.24, 2.45) is 4.99 Å². The quantitative estimate of drug-likeness (QED) is 0.399. The Labute approximate surface area is 117 Å². The number of hydrogen-bond donors (Lipinski definition) is 2. The Kier molecular flexibility index (Phi) is 7.82. The number of rotatable bonds is 8. The highest BCUT2D eigenvalue weighted by Gasteiger charge is 2.29. The van der Waals surface area contributed by atoms with Crippen LogP contribution in [0.15, 0.2) is 4.99 Å². The monoisotopic (exact) mass is 271 g/mol. The summed E-state index contributed by atoms with van der Waals surface area (Å²) in [4.78, 5) is 4.23. The highest BCUT2D eigenvalue weighted by Crippen LogP contribution is 2.23. The summed E-state index contributed by atoms with van der Waals surface area (Å²) in [5.41, 5.74) is -0.0317. The number of guanidine groups is 1. The van der Waals surface area contributed by atoms with E-state index in [1.807, 2.05) is 0 Å². The van der Waals surface area contributed by atoms with Gasteiger partial charge in [0.1, 0.15) is 0 Å². The summed E-state index contributed by atoms with van der Waals surface area (Å²) in [6, 6.07) is 0. The van der Waals surface area contributed by atoms with Crippen molar-refractivity contribution < 1.29 is 9.47 Å². The third-order valence-corrected chi connectivity index (χ3v) is 3.47. The van der Waals surface area contributed by atoms with Gasteiger partial charge in [-0.3, -0.25) is 4.99 Å². The normalized spacial score (nSPS) is 23.6. The molecule has 2 N–H and O–H groups in total. The first kappa shape index (κ1) is 16.2. The van der Waals surface area contributed by atoms with Gasteiger partial charge in [-0.2, -0.15) is 0 Å². The maximum absolute atomic E-state index is 5.75. The highest BCUT2D eigenvalue weighted by atomic mass is 16.5. The SMILES string of the molecule is CN=C(NCCCCCOC)NCC1(C)CCCO1. The maximum Gasteiger partial charge on any atom is 0.191 e. The summed E-state index contributed by atoms with van der Waals surface area (Å²) in [7, 11) is 3.55. The number of methoxy groups -OCH3 is 1. The van der Waals surface area contributed by atoms with Crippen LogP contribution in [0.2, 0.25) is 0 Å². The zero-order valence-corrected chi connectivity index (χ0v) is 12.6. The molecule has 1 saturated heterocycles. The Morgan fingerprint density at radius 1 is 1.32 bits per heavy atom. The van der Waals surface area contributed by atoms with Gasteiger partial charge in [0.05, 0.1) is 5.60 Å². The van der Waals surface area contributed by atoms with E-state index < -0.39 is 0 Å². The van der Waals surface area contributed by atoms with Crippen LogP contribution in [0.25, 0.3) is 0 Å². The Hall–Kier alpha value is -0.810. The first-order valence-corrected chi connectivity index (χ1v) is 7.27.